The van der Waals surface area contributed by atoms with Gasteiger partial charge in [-0.2, -0.15) is 0 Å². The first-order valence-electron chi connectivity index (χ1n) is 9.55. The monoisotopic (exact) mass is 356 g/mol. The SMILES string of the molecule is CCc1nc2c(ccc(-c3cc(C)cc(C)c3C)[n+]2C)n1-c1ccccc1. The molecule has 136 valence electrons. The fourth-order valence-corrected chi connectivity index (χ4v) is 3.93. The highest BCUT2D eigenvalue weighted by atomic mass is 15.1. The highest BCUT2D eigenvalue weighted by Crippen LogP contribution is 2.27. The second-order valence-corrected chi connectivity index (χ2v) is 7.29. The molecule has 0 saturated heterocycles. The molecule has 0 saturated carbocycles. The van der Waals surface area contributed by atoms with Crippen molar-refractivity contribution < 1.29 is 4.57 Å². The van der Waals surface area contributed by atoms with Crippen LogP contribution >= 0.6 is 0 Å². The molecule has 4 rings (SSSR count). The molecule has 27 heavy (non-hydrogen) atoms. The summed E-state index contributed by atoms with van der Waals surface area (Å²) in [7, 11) is 2.12. The number of pyridine rings is 1. The predicted molar refractivity (Wildman–Crippen MR) is 111 cm³/mol. The van der Waals surface area contributed by atoms with Gasteiger partial charge in [-0.15, -0.1) is 0 Å². The summed E-state index contributed by atoms with van der Waals surface area (Å²) < 4.78 is 4.50. The Kier molecular flexibility index (Phi) is 4.31. The Labute approximate surface area is 160 Å². The molecule has 0 radical (unpaired) electrons. The molecular weight excluding hydrogens is 330 g/mol. The Hall–Kier alpha value is -2.94. The number of imidazole rings is 1. The number of fused-ring (bicyclic) bond motifs is 1. The van der Waals surface area contributed by atoms with Gasteiger partial charge in [0, 0.05) is 17.7 Å². The van der Waals surface area contributed by atoms with Crippen LogP contribution in [0.5, 0.6) is 0 Å². The minimum Gasteiger partial charge on any atom is -0.270 e. The third kappa shape index (κ3) is 2.84. The molecule has 0 fully saturated rings. The van der Waals surface area contributed by atoms with Crippen LogP contribution in [-0.2, 0) is 13.5 Å². The van der Waals surface area contributed by atoms with Gasteiger partial charge in [0.25, 0.3) is 0 Å². The van der Waals surface area contributed by atoms with E-state index in [2.05, 4.69) is 98.5 Å². The van der Waals surface area contributed by atoms with E-state index in [1.54, 1.807) is 0 Å². The number of nitrogens with zero attached hydrogens (tertiary/aromatic N) is 3. The molecule has 2 aromatic heterocycles. The summed E-state index contributed by atoms with van der Waals surface area (Å²) in [6.07, 6.45) is 0.890. The van der Waals surface area contributed by atoms with Crippen molar-refractivity contribution >= 4 is 11.2 Å². The molecular formula is C24H26N3+. The Bertz CT molecular complexity index is 1140. The standard InChI is InChI=1S/C24H26N3/c1-6-23-25-24-22(27(23)19-10-8-7-9-11-19)13-12-21(26(24)5)20-15-16(2)14-17(3)18(20)4/h7-15H,6H2,1-5H3/q+1. The van der Waals surface area contributed by atoms with Crippen LogP contribution in [0.3, 0.4) is 0 Å². The second kappa shape index (κ2) is 6.66. The molecule has 4 aromatic rings. The predicted octanol–water partition coefficient (Wildman–Crippen LogP) is 5.00. The zero-order valence-corrected chi connectivity index (χ0v) is 16.7. The van der Waals surface area contributed by atoms with Gasteiger partial charge in [-0.1, -0.05) is 36.8 Å². The fraction of sp³-hybridized carbons (Fsp3) is 0.250. The maximum absolute atomic E-state index is 4.99. The van der Waals surface area contributed by atoms with Gasteiger partial charge >= 0.3 is 5.65 Å². The summed E-state index contributed by atoms with van der Waals surface area (Å²) in [6.45, 7) is 8.71. The summed E-state index contributed by atoms with van der Waals surface area (Å²) >= 11 is 0. The van der Waals surface area contributed by atoms with Gasteiger partial charge in [-0.05, 0) is 67.2 Å². The molecule has 0 atom stereocenters. The first kappa shape index (κ1) is 17.5. The average molecular weight is 356 g/mol. The van der Waals surface area contributed by atoms with E-state index in [0.29, 0.717) is 0 Å². The largest absolute Gasteiger partial charge is 0.349 e. The fourth-order valence-electron chi connectivity index (χ4n) is 3.93. The van der Waals surface area contributed by atoms with Crippen molar-refractivity contribution in [3.63, 3.8) is 0 Å². The van der Waals surface area contributed by atoms with Crippen LogP contribution in [0.1, 0.15) is 29.4 Å². The summed E-state index contributed by atoms with van der Waals surface area (Å²) in [5.74, 6) is 1.08. The number of aryl methyl sites for hydroxylation is 4. The van der Waals surface area contributed by atoms with E-state index in [9.17, 15) is 0 Å². The first-order valence-corrected chi connectivity index (χ1v) is 9.55. The van der Waals surface area contributed by atoms with Gasteiger partial charge in [-0.3, -0.25) is 4.57 Å². The third-order valence-corrected chi connectivity index (χ3v) is 5.46. The highest BCUT2D eigenvalue weighted by Gasteiger charge is 2.23. The molecule has 0 aliphatic heterocycles. The van der Waals surface area contributed by atoms with Crippen molar-refractivity contribution in [3.05, 3.63) is 77.1 Å². The molecule has 2 heterocycles. The molecule has 0 unspecified atom stereocenters. The van der Waals surface area contributed by atoms with Crippen LogP contribution in [0.2, 0.25) is 0 Å². The Morgan fingerprint density at radius 3 is 2.41 bits per heavy atom. The van der Waals surface area contributed by atoms with E-state index in [0.717, 1.165) is 29.1 Å². The van der Waals surface area contributed by atoms with Crippen LogP contribution in [0.15, 0.2) is 54.6 Å². The lowest BCUT2D eigenvalue weighted by Crippen LogP contribution is -2.32. The maximum atomic E-state index is 4.99. The summed E-state index contributed by atoms with van der Waals surface area (Å²) in [5.41, 5.74) is 9.75. The Morgan fingerprint density at radius 2 is 1.70 bits per heavy atom. The minimum absolute atomic E-state index is 0.890. The van der Waals surface area contributed by atoms with E-state index < -0.39 is 0 Å². The number of hydrogen-bond acceptors (Lipinski definition) is 1. The molecule has 0 aliphatic rings. The highest BCUT2D eigenvalue weighted by molar-refractivity contribution is 5.75. The molecule has 0 amide bonds. The number of para-hydroxylation sites is 1. The average Bonchev–Trinajstić information content (AvgIpc) is 3.05. The first-order chi connectivity index (χ1) is 13.0. The Morgan fingerprint density at radius 1 is 0.963 bits per heavy atom. The summed E-state index contributed by atoms with van der Waals surface area (Å²) in [4.78, 5) is 4.99. The van der Waals surface area contributed by atoms with Crippen molar-refractivity contribution in [1.82, 2.24) is 9.55 Å². The van der Waals surface area contributed by atoms with E-state index >= 15 is 0 Å². The lowest BCUT2D eigenvalue weighted by molar-refractivity contribution is -0.635. The van der Waals surface area contributed by atoms with Crippen molar-refractivity contribution in [1.29, 1.82) is 0 Å². The van der Waals surface area contributed by atoms with E-state index in [-0.39, 0.29) is 0 Å². The molecule has 3 heteroatoms. The van der Waals surface area contributed by atoms with Crippen molar-refractivity contribution in [2.75, 3.05) is 0 Å². The molecule has 0 spiro atoms. The molecule has 0 aliphatic carbocycles. The smallest absolute Gasteiger partial charge is 0.270 e. The topological polar surface area (TPSA) is 21.7 Å². The quantitative estimate of drug-likeness (QED) is 0.473. The zero-order chi connectivity index (χ0) is 19.1. The van der Waals surface area contributed by atoms with Gasteiger partial charge < -0.3 is 0 Å². The van der Waals surface area contributed by atoms with E-state index in [1.807, 2.05) is 0 Å². The van der Waals surface area contributed by atoms with Crippen LogP contribution < -0.4 is 4.57 Å². The van der Waals surface area contributed by atoms with Gasteiger partial charge in [0.05, 0.1) is 7.05 Å². The van der Waals surface area contributed by atoms with Crippen LogP contribution in [0.4, 0.5) is 0 Å². The van der Waals surface area contributed by atoms with Crippen molar-refractivity contribution in [3.8, 4) is 16.9 Å². The number of aromatic nitrogens is 3. The van der Waals surface area contributed by atoms with Crippen LogP contribution in [0, 0.1) is 20.8 Å². The lowest BCUT2D eigenvalue weighted by Gasteiger charge is -2.11. The molecule has 2 aromatic carbocycles. The normalized spacial score (nSPS) is 11.3. The minimum atomic E-state index is 0.890. The van der Waals surface area contributed by atoms with Crippen molar-refractivity contribution in [2.45, 2.75) is 34.1 Å². The van der Waals surface area contributed by atoms with Crippen LogP contribution in [-0.4, -0.2) is 9.55 Å². The maximum Gasteiger partial charge on any atom is 0.349 e. The second-order valence-electron chi connectivity index (χ2n) is 7.29. The summed E-state index contributed by atoms with van der Waals surface area (Å²) in [5, 5.41) is 0. The van der Waals surface area contributed by atoms with Gasteiger partial charge in [-0.25, -0.2) is 4.57 Å². The number of rotatable bonds is 3. The van der Waals surface area contributed by atoms with Gasteiger partial charge in [0.15, 0.2) is 0 Å². The van der Waals surface area contributed by atoms with Gasteiger partial charge in [0.1, 0.15) is 11.2 Å². The Balaban J connectivity index is 2.00. The number of hydrogen-bond donors (Lipinski definition) is 0. The zero-order valence-electron chi connectivity index (χ0n) is 16.7. The molecule has 0 bridgehead atoms. The molecule has 3 nitrogen and oxygen atoms in total. The van der Waals surface area contributed by atoms with Crippen molar-refractivity contribution in [2.24, 2.45) is 7.05 Å². The summed E-state index contributed by atoms with van der Waals surface area (Å²) in [6, 6.07) is 19.4. The molecule has 0 N–H and O–H groups in total. The van der Waals surface area contributed by atoms with E-state index in [1.165, 1.54) is 27.9 Å². The van der Waals surface area contributed by atoms with Gasteiger partial charge in [0.2, 0.25) is 5.82 Å². The number of benzene rings is 2. The third-order valence-electron chi connectivity index (χ3n) is 5.46. The van der Waals surface area contributed by atoms with Crippen LogP contribution in [0.25, 0.3) is 28.1 Å². The lowest BCUT2D eigenvalue weighted by atomic mass is 9.97. The van der Waals surface area contributed by atoms with E-state index in [4.69, 9.17) is 4.98 Å².